The smallest absolute Gasteiger partial charge is 0.267 e. The fraction of sp³-hybridized carbons (Fsp3) is 0.500. The second-order valence-electron chi connectivity index (χ2n) is 3.75. The number of rotatable bonds is 4. The molecule has 0 aliphatic heterocycles. The van der Waals surface area contributed by atoms with Crippen LogP contribution in [0.2, 0.25) is 5.02 Å². The molecule has 0 bridgehead atoms. The van der Waals surface area contributed by atoms with Crippen LogP contribution in [-0.4, -0.2) is 28.6 Å². The summed E-state index contributed by atoms with van der Waals surface area (Å²) in [6.45, 7) is 4.03. The minimum absolute atomic E-state index is 0.123. The van der Waals surface area contributed by atoms with Crippen molar-refractivity contribution in [2.75, 3.05) is 6.54 Å². The van der Waals surface area contributed by atoms with Crippen LogP contribution in [0.4, 0.5) is 0 Å². The van der Waals surface area contributed by atoms with Crippen LogP contribution < -0.4 is 5.32 Å². The van der Waals surface area contributed by atoms with Crippen molar-refractivity contribution in [1.29, 1.82) is 0 Å². The van der Waals surface area contributed by atoms with Crippen molar-refractivity contribution < 1.29 is 9.90 Å². The molecule has 0 spiro atoms. The van der Waals surface area contributed by atoms with Crippen LogP contribution in [0.15, 0.2) is 12.3 Å². The standard InChI is InChI=1S/C10H15ClN2O2/c1-6(2)9(14)5-13-10(15)8-3-7(11)4-12-8/h3-4,6,9,12,14H,5H2,1-2H3,(H,13,15). The highest BCUT2D eigenvalue weighted by atomic mass is 35.5. The first-order valence-electron chi connectivity index (χ1n) is 4.81. The molecule has 0 saturated heterocycles. The monoisotopic (exact) mass is 230 g/mol. The van der Waals surface area contributed by atoms with E-state index in [0.717, 1.165) is 0 Å². The van der Waals surface area contributed by atoms with Crippen LogP contribution in [0.1, 0.15) is 24.3 Å². The summed E-state index contributed by atoms with van der Waals surface area (Å²) in [6, 6.07) is 1.54. The maximum absolute atomic E-state index is 11.5. The van der Waals surface area contributed by atoms with Gasteiger partial charge in [0.15, 0.2) is 0 Å². The third-order valence-electron chi connectivity index (χ3n) is 2.13. The summed E-state index contributed by atoms with van der Waals surface area (Å²) in [5, 5.41) is 12.6. The van der Waals surface area contributed by atoms with Gasteiger partial charge in [-0.25, -0.2) is 0 Å². The predicted molar refractivity (Wildman–Crippen MR) is 59.0 cm³/mol. The first-order chi connectivity index (χ1) is 7.00. The van der Waals surface area contributed by atoms with Gasteiger partial charge in [-0.1, -0.05) is 25.4 Å². The summed E-state index contributed by atoms with van der Waals surface area (Å²) in [5.74, 6) is -0.140. The second kappa shape index (κ2) is 5.19. The third-order valence-corrected chi connectivity index (χ3v) is 2.35. The fourth-order valence-electron chi connectivity index (χ4n) is 1.03. The Balaban J connectivity index is 2.43. The topological polar surface area (TPSA) is 65.1 Å². The van der Waals surface area contributed by atoms with E-state index in [0.29, 0.717) is 10.7 Å². The molecule has 1 amide bonds. The number of hydrogen-bond acceptors (Lipinski definition) is 2. The van der Waals surface area contributed by atoms with Gasteiger partial charge in [-0.05, 0) is 12.0 Å². The van der Waals surface area contributed by atoms with Crippen LogP contribution in [0.3, 0.4) is 0 Å². The number of aliphatic hydroxyl groups is 1. The molecule has 0 radical (unpaired) electrons. The first kappa shape index (κ1) is 12.1. The van der Waals surface area contributed by atoms with Crippen LogP contribution in [-0.2, 0) is 0 Å². The van der Waals surface area contributed by atoms with E-state index in [1.54, 1.807) is 6.07 Å². The molecule has 1 aromatic heterocycles. The number of nitrogens with one attached hydrogen (secondary N) is 2. The maximum atomic E-state index is 11.5. The van der Waals surface area contributed by atoms with Crippen molar-refractivity contribution in [3.05, 3.63) is 23.0 Å². The number of amides is 1. The largest absolute Gasteiger partial charge is 0.391 e. The van der Waals surface area contributed by atoms with E-state index in [1.807, 2.05) is 13.8 Å². The van der Waals surface area contributed by atoms with Crippen LogP contribution in [0.25, 0.3) is 0 Å². The van der Waals surface area contributed by atoms with E-state index in [4.69, 9.17) is 11.6 Å². The van der Waals surface area contributed by atoms with Gasteiger partial charge in [0.2, 0.25) is 0 Å². The van der Waals surface area contributed by atoms with E-state index in [-0.39, 0.29) is 18.4 Å². The molecule has 3 N–H and O–H groups in total. The lowest BCUT2D eigenvalue weighted by molar-refractivity contribution is 0.0867. The Morgan fingerprint density at radius 2 is 2.33 bits per heavy atom. The van der Waals surface area contributed by atoms with Gasteiger partial charge in [-0.15, -0.1) is 0 Å². The molecule has 0 fully saturated rings. The van der Waals surface area contributed by atoms with Crippen molar-refractivity contribution in [2.24, 2.45) is 5.92 Å². The van der Waals surface area contributed by atoms with Gasteiger partial charge in [0, 0.05) is 12.7 Å². The maximum Gasteiger partial charge on any atom is 0.267 e. The first-order valence-corrected chi connectivity index (χ1v) is 5.18. The van der Waals surface area contributed by atoms with Crippen molar-refractivity contribution in [3.63, 3.8) is 0 Å². The molecule has 0 saturated carbocycles. The zero-order chi connectivity index (χ0) is 11.4. The molecule has 15 heavy (non-hydrogen) atoms. The molecule has 1 unspecified atom stereocenters. The number of aromatic nitrogens is 1. The van der Waals surface area contributed by atoms with Gasteiger partial charge in [-0.3, -0.25) is 4.79 Å². The number of H-pyrrole nitrogens is 1. The number of aliphatic hydroxyl groups excluding tert-OH is 1. The minimum Gasteiger partial charge on any atom is -0.391 e. The van der Waals surface area contributed by atoms with Crippen LogP contribution >= 0.6 is 11.6 Å². The zero-order valence-corrected chi connectivity index (χ0v) is 9.51. The van der Waals surface area contributed by atoms with Gasteiger partial charge in [0.05, 0.1) is 11.1 Å². The normalized spacial score (nSPS) is 12.9. The van der Waals surface area contributed by atoms with E-state index in [1.165, 1.54) is 6.20 Å². The van der Waals surface area contributed by atoms with Gasteiger partial charge in [-0.2, -0.15) is 0 Å². The van der Waals surface area contributed by atoms with E-state index in [2.05, 4.69) is 10.3 Å². The average molecular weight is 231 g/mol. The molecular formula is C10H15ClN2O2. The molecule has 1 atom stereocenters. The highest BCUT2D eigenvalue weighted by Gasteiger charge is 2.12. The second-order valence-corrected chi connectivity index (χ2v) is 4.19. The average Bonchev–Trinajstić information content (AvgIpc) is 2.60. The molecule has 0 aliphatic rings. The summed E-state index contributed by atoms with van der Waals surface area (Å²) in [6.07, 6.45) is 1.01. The minimum atomic E-state index is -0.528. The number of halogens is 1. The Labute approximate surface area is 93.6 Å². The lowest BCUT2D eigenvalue weighted by Gasteiger charge is -2.14. The predicted octanol–water partition coefficient (Wildman–Crippen LogP) is 1.41. The molecule has 1 rings (SSSR count). The molecule has 5 heteroatoms. The van der Waals surface area contributed by atoms with Crippen molar-refractivity contribution in [1.82, 2.24) is 10.3 Å². The summed E-state index contributed by atoms with van der Waals surface area (Å²) in [5.41, 5.74) is 0.399. The lowest BCUT2D eigenvalue weighted by Crippen LogP contribution is -2.34. The Morgan fingerprint density at radius 3 is 2.80 bits per heavy atom. The number of carbonyl (C=O) groups excluding carboxylic acids is 1. The summed E-state index contributed by atoms with van der Waals surface area (Å²) >= 11 is 5.66. The van der Waals surface area contributed by atoms with Crippen molar-refractivity contribution >= 4 is 17.5 Å². The number of carbonyl (C=O) groups is 1. The van der Waals surface area contributed by atoms with E-state index < -0.39 is 6.10 Å². The van der Waals surface area contributed by atoms with E-state index >= 15 is 0 Å². The van der Waals surface area contributed by atoms with Gasteiger partial charge < -0.3 is 15.4 Å². The molecule has 0 aliphatic carbocycles. The van der Waals surface area contributed by atoms with Gasteiger partial charge in [0.1, 0.15) is 5.69 Å². The van der Waals surface area contributed by atoms with Crippen LogP contribution in [0, 0.1) is 5.92 Å². The number of aromatic amines is 1. The van der Waals surface area contributed by atoms with Crippen molar-refractivity contribution in [2.45, 2.75) is 20.0 Å². The van der Waals surface area contributed by atoms with Gasteiger partial charge in [0.25, 0.3) is 5.91 Å². The van der Waals surface area contributed by atoms with Crippen molar-refractivity contribution in [3.8, 4) is 0 Å². The van der Waals surface area contributed by atoms with Crippen LogP contribution in [0.5, 0.6) is 0 Å². The highest BCUT2D eigenvalue weighted by molar-refractivity contribution is 6.30. The molecule has 1 aromatic rings. The summed E-state index contributed by atoms with van der Waals surface area (Å²) in [7, 11) is 0. The zero-order valence-electron chi connectivity index (χ0n) is 8.75. The quantitative estimate of drug-likeness (QED) is 0.733. The molecule has 84 valence electrons. The Morgan fingerprint density at radius 1 is 1.67 bits per heavy atom. The molecule has 4 nitrogen and oxygen atoms in total. The Kier molecular flexibility index (Phi) is 4.17. The molecular weight excluding hydrogens is 216 g/mol. The number of hydrogen-bond donors (Lipinski definition) is 3. The van der Waals surface area contributed by atoms with Gasteiger partial charge >= 0.3 is 0 Å². The Hall–Kier alpha value is -1.00. The Bertz CT molecular complexity index is 336. The summed E-state index contributed by atoms with van der Waals surface area (Å²) < 4.78 is 0. The third kappa shape index (κ3) is 3.57. The molecule has 0 aromatic carbocycles. The fourth-order valence-corrected chi connectivity index (χ4v) is 1.19. The molecule has 1 heterocycles. The summed E-state index contributed by atoms with van der Waals surface area (Å²) in [4.78, 5) is 14.2. The lowest BCUT2D eigenvalue weighted by atomic mass is 10.1. The van der Waals surface area contributed by atoms with E-state index in [9.17, 15) is 9.90 Å². The highest BCUT2D eigenvalue weighted by Crippen LogP contribution is 2.09. The SMILES string of the molecule is CC(C)C(O)CNC(=O)c1cc(Cl)c[nH]1.